The minimum Gasteiger partial charge on any atom is -0.397 e. The summed E-state index contributed by atoms with van der Waals surface area (Å²) in [7, 11) is 0. The summed E-state index contributed by atoms with van der Waals surface area (Å²) in [5.74, 6) is 5.41. The molecule has 0 atom stereocenters. The number of nitrogens with one attached hydrogen (secondary N) is 1. The molecule has 0 spiro atoms. The number of carbonyl (C=O) groups excluding carboxylic acids is 1. The first kappa shape index (κ1) is 10.8. The van der Waals surface area contributed by atoms with Gasteiger partial charge < -0.3 is 5.73 Å². The lowest BCUT2D eigenvalue weighted by molar-refractivity contribution is -0.120. The number of nitrogens with zero attached hydrogens (tertiary/aromatic N) is 1. The normalized spacial score (nSPS) is 9.79. The lowest BCUT2D eigenvalue weighted by Gasteiger charge is -2.00. The summed E-state index contributed by atoms with van der Waals surface area (Å²) in [4.78, 5) is 14.8. The van der Waals surface area contributed by atoms with Crippen LogP contribution in [0.25, 0.3) is 0 Å². The number of amides is 1. The molecule has 0 aromatic carbocycles. The van der Waals surface area contributed by atoms with Gasteiger partial charge in [0.2, 0.25) is 5.91 Å². The van der Waals surface area contributed by atoms with Gasteiger partial charge in [-0.2, -0.15) is 0 Å². The molecule has 0 unspecified atom stereocenters. The highest BCUT2D eigenvalue weighted by molar-refractivity contribution is 7.99. The van der Waals surface area contributed by atoms with Crippen molar-refractivity contribution in [3.05, 3.63) is 18.3 Å². The molecule has 0 aliphatic rings. The van der Waals surface area contributed by atoms with Crippen LogP contribution in [0, 0.1) is 0 Å². The monoisotopic (exact) mass is 212 g/mol. The Bertz CT molecular complexity index is 301. The molecule has 1 rings (SSSR count). The summed E-state index contributed by atoms with van der Waals surface area (Å²) >= 11 is 1.49. The molecular formula is C8H12N4OS. The fourth-order valence-corrected chi connectivity index (χ4v) is 1.59. The predicted molar refractivity (Wildman–Crippen MR) is 56.3 cm³/mol. The third kappa shape index (κ3) is 3.63. The van der Waals surface area contributed by atoms with Gasteiger partial charge in [-0.15, -0.1) is 11.8 Å². The van der Waals surface area contributed by atoms with Crippen LogP contribution in [0.3, 0.4) is 0 Å². The van der Waals surface area contributed by atoms with Crippen molar-refractivity contribution in [1.82, 2.24) is 10.4 Å². The maximum absolute atomic E-state index is 10.8. The minimum atomic E-state index is -0.173. The number of nitrogen functional groups attached to an aromatic ring is 1. The largest absolute Gasteiger partial charge is 0.397 e. The van der Waals surface area contributed by atoms with Crippen LogP contribution in [-0.4, -0.2) is 16.6 Å². The van der Waals surface area contributed by atoms with E-state index in [1.54, 1.807) is 12.3 Å². The molecular weight excluding hydrogens is 200 g/mol. The molecule has 0 radical (unpaired) electrons. The van der Waals surface area contributed by atoms with Crippen LogP contribution in [0.1, 0.15) is 6.42 Å². The van der Waals surface area contributed by atoms with E-state index >= 15 is 0 Å². The molecule has 1 aromatic heterocycles. The maximum Gasteiger partial charge on any atom is 0.234 e. The Morgan fingerprint density at radius 1 is 1.57 bits per heavy atom. The molecule has 76 valence electrons. The van der Waals surface area contributed by atoms with E-state index < -0.39 is 0 Å². The van der Waals surface area contributed by atoms with Crippen LogP contribution in [0.2, 0.25) is 0 Å². The smallest absolute Gasteiger partial charge is 0.234 e. The van der Waals surface area contributed by atoms with Crippen LogP contribution in [-0.2, 0) is 4.79 Å². The number of hydrazine groups is 1. The number of pyridine rings is 1. The van der Waals surface area contributed by atoms with E-state index in [9.17, 15) is 4.79 Å². The number of rotatable bonds is 4. The van der Waals surface area contributed by atoms with Crippen molar-refractivity contribution < 1.29 is 4.79 Å². The van der Waals surface area contributed by atoms with Gasteiger partial charge in [-0.05, 0) is 12.1 Å². The molecule has 0 saturated carbocycles. The average Bonchev–Trinajstić information content (AvgIpc) is 2.21. The maximum atomic E-state index is 10.8. The van der Waals surface area contributed by atoms with Gasteiger partial charge in [-0.1, -0.05) is 0 Å². The Morgan fingerprint density at radius 3 is 2.93 bits per heavy atom. The molecule has 5 N–H and O–H groups in total. The van der Waals surface area contributed by atoms with Gasteiger partial charge in [0.15, 0.2) is 0 Å². The van der Waals surface area contributed by atoms with E-state index in [-0.39, 0.29) is 5.91 Å². The van der Waals surface area contributed by atoms with E-state index in [0.29, 0.717) is 17.9 Å². The second kappa shape index (κ2) is 5.46. The van der Waals surface area contributed by atoms with E-state index in [1.165, 1.54) is 11.8 Å². The molecule has 0 aliphatic heterocycles. The first-order valence-corrected chi connectivity index (χ1v) is 5.04. The lowest BCUT2D eigenvalue weighted by atomic mass is 10.4. The van der Waals surface area contributed by atoms with Crippen molar-refractivity contribution in [2.24, 2.45) is 5.84 Å². The van der Waals surface area contributed by atoms with Gasteiger partial charge in [-0.3, -0.25) is 10.2 Å². The molecule has 0 bridgehead atoms. The van der Waals surface area contributed by atoms with Crippen LogP contribution in [0.4, 0.5) is 5.69 Å². The molecule has 0 saturated heterocycles. The fourth-order valence-electron chi connectivity index (χ4n) is 0.798. The molecule has 1 heterocycles. The molecule has 5 nitrogen and oxygen atoms in total. The number of hydrogen-bond donors (Lipinski definition) is 3. The first-order valence-electron chi connectivity index (χ1n) is 4.06. The number of aromatic nitrogens is 1. The zero-order chi connectivity index (χ0) is 10.4. The summed E-state index contributed by atoms with van der Waals surface area (Å²) < 4.78 is 0. The van der Waals surface area contributed by atoms with Crippen LogP contribution >= 0.6 is 11.8 Å². The number of thioether (sulfide) groups is 1. The summed E-state index contributed by atoms with van der Waals surface area (Å²) in [6.45, 7) is 0. The number of carbonyl (C=O) groups is 1. The standard InChI is InChI=1S/C8H12N4OS/c9-6-1-2-8(11-5-6)14-4-3-7(13)12-10/h1-2,5H,3-4,9-10H2,(H,12,13). The summed E-state index contributed by atoms with van der Waals surface area (Å²) in [5, 5.41) is 0.851. The summed E-state index contributed by atoms with van der Waals surface area (Å²) in [6.07, 6.45) is 1.97. The van der Waals surface area contributed by atoms with Gasteiger partial charge in [0, 0.05) is 12.2 Å². The van der Waals surface area contributed by atoms with E-state index in [2.05, 4.69) is 10.4 Å². The zero-order valence-electron chi connectivity index (χ0n) is 7.56. The number of anilines is 1. The number of nitrogens with two attached hydrogens (primary N) is 2. The average molecular weight is 212 g/mol. The SMILES string of the molecule is NNC(=O)CCSc1ccc(N)cn1. The topological polar surface area (TPSA) is 94.0 Å². The Morgan fingerprint density at radius 2 is 2.36 bits per heavy atom. The third-order valence-electron chi connectivity index (χ3n) is 1.50. The van der Waals surface area contributed by atoms with Crippen molar-refractivity contribution in [1.29, 1.82) is 0 Å². The zero-order valence-corrected chi connectivity index (χ0v) is 8.38. The Labute approximate surface area is 86.2 Å². The highest BCUT2D eigenvalue weighted by Crippen LogP contribution is 2.16. The molecule has 1 aromatic rings. The van der Waals surface area contributed by atoms with Crippen molar-refractivity contribution in [3.8, 4) is 0 Å². The van der Waals surface area contributed by atoms with Crippen LogP contribution in [0.15, 0.2) is 23.4 Å². The van der Waals surface area contributed by atoms with Gasteiger partial charge in [0.1, 0.15) is 0 Å². The number of hydrogen-bond acceptors (Lipinski definition) is 5. The van der Waals surface area contributed by atoms with Crippen molar-refractivity contribution in [2.45, 2.75) is 11.4 Å². The summed E-state index contributed by atoms with van der Waals surface area (Å²) in [6, 6.07) is 3.60. The Balaban J connectivity index is 2.31. The summed E-state index contributed by atoms with van der Waals surface area (Å²) in [5.41, 5.74) is 8.17. The second-order valence-electron chi connectivity index (χ2n) is 2.60. The van der Waals surface area contributed by atoms with E-state index in [0.717, 1.165) is 5.03 Å². The molecule has 1 amide bonds. The minimum absolute atomic E-state index is 0.173. The Hall–Kier alpha value is -1.27. The van der Waals surface area contributed by atoms with Gasteiger partial charge in [-0.25, -0.2) is 10.8 Å². The van der Waals surface area contributed by atoms with Gasteiger partial charge >= 0.3 is 0 Å². The molecule has 6 heteroatoms. The first-order chi connectivity index (χ1) is 6.72. The lowest BCUT2D eigenvalue weighted by Crippen LogP contribution is -2.30. The fraction of sp³-hybridized carbons (Fsp3) is 0.250. The van der Waals surface area contributed by atoms with E-state index in [4.69, 9.17) is 11.6 Å². The van der Waals surface area contributed by atoms with Gasteiger partial charge in [0.05, 0.1) is 16.9 Å². The van der Waals surface area contributed by atoms with Crippen molar-refractivity contribution in [2.75, 3.05) is 11.5 Å². The quantitative estimate of drug-likeness (QED) is 0.285. The highest BCUT2D eigenvalue weighted by atomic mass is 32.2. The van der Waals surface area contributed by atoms with Crippen molar-refractivity contribution in [3.63, 3.8) is 0 Å². The van der Waals surface area contributed by atoms with Crippen LogP contribution < -0.4 is 17.0 Å². The van der Waals surface area contributed by atoms with Gasteiger partial charge in [0.25, 0.3) is 0 Å². The van der Waals surface area contributed by atoms with Crippen LogP contribution in [0.5, 0.6) is 0 Å². The Kier molecular flexibility index (Phi) is 4.21. The second-order valence-corrected chi connectivity index (χ2v) is 3.71. The molecule has 14 heavy (non-hydrogen) atoms. The molecule has 0 aliphatic carbocycles. The third-order valence-corrected chi connectivity index (χ3v) is 2.44. The van der Waals surface area contributed by atoms with Crippen molar-refractivity contribution >= 4 is 23.4 Å². The van der Waals surface area contributed by atoms with E-state index in [1.807, 2.05) is 6.07 Å². The molecule has 0 fully saturated rings. The predicted octanol–water partition coefficient (Wildman–Crippen LogP) is 0.136. The highest BCUT2D eigenvalue weighted by Gasteiger charge is 1.99.